The Morgan fingerprint density at radius 1 is 0.537 bits per heavy atom. The average Bonchev–Trinajstić information content (AvgIpc) is 2.97. The predicted octanol–water partition coefficient (Wildman–Crippen LogP) is -5.83. The van der Waals surface area contributed by atoms with Crippen molar-refractivity contribution in [2.75, 3.05) is 99.1 Å². The van der Waals surface area contributed by atoms with Gasteiger partial charge in [-0.2, -0.15) is 0 Å². The number of aliphatic hydroxyl groups is 8. The van der Waals surface area contributed by atoms with E-state index in [0.29, 0.717) is 59.5 Å². The molecule has 246 valence electrons. The summed E-state index contributed by atoms with van der Waals surface area (Å²) in [5.74, 6) is -3.94. The maximum absolute atomic E-state index is 11.2. The minimum Gasteiger partial charge on any atom is -0.479 e. The van der Waals surface area contributed by atoms with Crippen molar-refractivity contribution in [1.29, 1.82) is 0 Å². The Labute approximate surface area is 236 Å². The minimum absolute atomic E-state index is 0.0665. The number of cyclic esters (lactones) is 1. The molecule has 0 amide bonds. The first-order valence-electron chi connectivity index (χ1n) is 12.1. The van der Waals surface area contributed by atoms with Gasteiger partial charge in [0, 0.05) is 0 Å². The quantitative estimate of drug-likeness (QED) is 0.120. The third-order valence-electron chi connectivity index (χ3n) is 3.85. The summed E-state index contributed by atoms with van der Waals surface area (Å²) in [6, 6.07) is 0. The number of aliphatic hydroxyl groups excluding tert-OH is 8. The van der Waals surface area contributed by atoms with E-state index in [4.69, 9.17) is 79.5 Å². The fraction of sp³-hybridized carbons (Fsp3) is 0.864. The zero-order valence-electron chi connectivity index (χ0n) is 22.6. The highest BCUT2D eigenvalue weighted by Gasteiger charge is 2.29. The molecule has 19 heteroatoms. The highest BCUT2D eigenvalue weighted by Crippen LogP contribution is 1.92. The number of aliphatic carboxylic acids is 2. The van der Waals surface area contributed by atoms with Crippen LogP contribution in [0.2, 0.25) is 0 Å². The molecule has 1 aliphatic rings. The molecule has 1 aliphatic heterocycles. The summed E-state index contributed by atoms with van der Waals surface area (Å²) in [6.07, 6.45) is -6.44. The van der Waals surface area contributed by atoms with Gasteiger partial charge >= 0.3 is 17.9 Å². The summed E-state index contributed by atoms with van der Waals surface area (Å²) < 4.78 is 31.0. The molecule has 2 unspecified atom stereocenters. The molecular weight excluding hydrogens is 568 g/mol. The standard InChI is InChI=1S/C12H22O7.C4H6O6.2C3H8O3/c13-12-11-18-8-7-16-4-3-14-1-2-15-5-6-17-9-10-19-12;5-1(3(7)8)2(6)4(9)10;2*4-1-3(6)2-5/h1-11H2;1-2,5-6H,(H,7,8)(H,9,10);2*3-6H,1-2H2. The van der Waals surface area contributed by atoms with Crippen molar-refractivity contribution in [3.8, 4) is 0 Å². The van der Waals surface area contributed by atoms with Gasteiger partial charge in [-0.05, 0) is 0 Å². The van der Waals surface area contributed by atoms with E-state index in [0.717, 1.165) is 0 Å². The van der Waals surface area contributed by atoms with Gasteiger partial charge in [0.25, 0.3) is 0 Å². The summed E-state index contributed by atoms with van der Waals surface area (Å²) in [5, 5.41) is 80.6. The van der Waals surface area contributed by atoms with Crippen molar-refractivity contribution in [3.63, 3.8) is 0 Å². The highest BCUT2D eigenvalue weighted by molar-refractivity contribution is 5.83. The van der Waals surface area contributed by atoms with E-state index in [2.05, 4.69) is 0 Å². The van der Waals surface area contributed by atoms with Gasteiger partial charge in [-0.25, -0.2) is 14.4 Å². The van der Waals surface area contributed by atoms with Crippen LogP contribution in [0.1, 0.15) is 0 Å². The monoisotopic (exact) mass is 612 g/mol. The number of rotatable bonds is 7. The Hall–Kier alpha value is -2.11. The highest BCUT2D eigenvalue weighted by atomic mass is 16.6. The fourth-order valence-corrected chi connectivity index (χ4v) is 1.68. The lowest BCUT2D eigenvalue weighted by Gasteiger charge is -2.09. The Morgan fingerprint density at radius 3 is 1.05 bits per heavy atom. The van der Waals surface area contributed by atoms with E-state index < -0.39 is 42.3 Å². The summed E-state index contributed by atoms with van der Waals surface area (Å²) in [5.41, 5.74) is 0. The summed E-state index contributed by atoms with van der Waals surface area (Å²) in [4.78, 5) is 30.7. The van der Waals surface area contributed by atoms with Crippen LogP contribution in [0.25, 0.3) is 0 Å². The lowest BCUT2D eigenvalue weighted by molar-refractivity contribution is -0.165. The second-order valence-electron chi connectivity index (χ2n) is 7.33. The second kappa shape index (κ2) is 32.4. The zero-order chi connectivity index (χ0) is 31.9. The Bertz CT molecular complexity index is 551. The van der Waals surface area contributed by atoms with E-state index in [1.807, 2.05) is 0 Å². The van der Waals surface area contributed by atoms with Crippen molar-refractivity contribution in [1.82, 2.24) is 0 Å². The first-order valence-corrected chi connectivity index (χ1v) is 12.1. The van der Waals surface area contributed by atoms with Gasteiger partial charge in [0.1, 0.15) is 25.4 Å². The third kappa shape index (κ3) is 34.0. The number of carboxylic acids is 2. The number of carbonyl (C=O) groups is 3. The summed E-state index contributed by atoms with van der Waals surface area (Å²) in [7, 11) is 0. The van der Waals surface area contributed by atoms with E-state index in [1.54, 1.807) is 0 Å². The Balaban J connectivity index is -0.000000547. The first-order chi connectivity index (χ1) is 19.5. The van der Waals surface area contributed by atoms with Gasteiger partial charge in [-0.15, -0.1) is 0 Å². The van der Waals surface area contributed by atoms with Crippen LogP contribution in [0.15, 0.2) is 0 Å². The molecule has 19 nitrogen and oxygen atoms in total. The SMILES string of the molecule is O=C(O)C(O)C(O)C(=O)O.O=C1COCCOCCOCCOCCOCCO1.OCC(O)CO.OCC(O)CO. The van der Waals surface area contributed by atoms with Crippen LogP contribution < -0.4 is 0 Å². The fourth-order valence-electron chi connectivity index (χ4n) is 1.68. The lowest BCUT2D eigenvalue weighted by atomic mass is 10.2. The molecule has 0 radical (unpaired) electrons. The molecule has 10 N–H and O–H groups in total. The minimum atomic E-state index is -2.27. The van der Waals surface area contributed by atoms with Crippen LogP contribution in [0.4, 0.5) is 0 Å². The molecule has 41 heavy (non-hydrogen) atoms. The molecule has 1 heterocycles. The van der Waals surface area contributed by atoms with Gasteiger partial charge in [-0.1, -0.05) is 0 Å². The zero-order valence-corrected chi connectivity index (χ0v) is 22.6. The second-order valence-corrected chi connectivity index (χ2v) is 7.33. The lowest BCUT2D eigenvalue weighted by Crippen LogP contribution is -2.39. The van der Waals surface area contributed by atoms with E-state index in [1.165, 1.54) is 0 Å². The van der Waals surface area contributed by atoms with Crippen molar-refractivity contribution in [2.24, 2.45) is 0 Å². The van der Waals surface area contributed by atoms with Gasteiger partial charge in [0.2, 0.25) is 0 Å². The number of esters is 1. The van der Waals surface area contributed by atoms with Crippen LogP contribution in [0.3, 0.4) is 0 Å². The molecule has 0 aromatic rings. The molecule has 1 fully saturated rings. The number of ether oxygens (including phenoxy) is 6. The van der Waals surface area contributed by atoms with Crippen molar-refractivity contribution < 1.29 is 93.9 Å². The van der Waals surface area contributed by atoms with Crippen LogP contribution in [0.5, 0.6) is 0 Å². The number of carbonyl (C=O) groups excluding carboxylic acids is 1. The topological polar surface area (TPSA) is 309 Å². The van der Waals surface area contributed by atoms with Crippen LogP contribution >= 0.6 is 0 Å². The maximum Gasteiger partial charge on any atom is 0.335 e. The van der Waals surface area contributed by atoms with Gasteiger partial charge < -0.3 is 79.5 Å². The van der Waals surface area contributed by atoms with Gasteiger partial charge in [-0.3, -0.25) is 0 Å². The van der Waals surface area contributed by atoms with Crippen molar-refractivity contribution >= 4 is 17.9 Å². The predicted molar refractivity (Wildman–Crippen MR) is 133 cm³/mol. The number of hydrogen-bond acceptors (Lipinski definition) is 17. The Morgan fingerprint density at radius 2 is 0.805 bits per heavy atom. The van der Waals surface area contributed by atoms with Gasteiger partial charge in [0.15, 0.2) is 12.2 Å². The molecule has 0 spiro atoms. The molecule has 0 aromatic heterocycles. The number of hydrogen-bond donors (Lipinski definition) is 10. The smallest absolute Gasteiger partial charge is 0.335 e. The largest absolute Gasteiger partial charge is 0.479 e. The van der Waals surface area contributed by atoms with E-state index in [-0.39, 0.29) is 39.6 Å². The van der Waals surface area contributed by atoms with E-state index >= 15 is 0 Å². The first kappa shape index (κ1) is 43.3. The van der Waals surface area contributed by atoms with Crippen LogP contribution in [-0.4, -0.2) is 192 Å². The summed E-state index contributed by atoms with van der Waals surface area (Å²) >= 11 is 0. The molecular formula is C22H44O19. The van der Waals surface area contributed by atoms with Crippen LogP contribution in [0, 0.1) is 0 Å². The van der Waals surface area contributed by atoms with Gasteiger partial charge in [0.05, 0.1) is 85.9 Å². The Kier molecular flexibility index (Phi) is 34.3. The molecule has 0 saturated carbocycles. The van der Waals surface area contributed by atoms with Crippen molar-refractivity contribution in [3.05, 3.63) is 0 Å². The van der Waals surface area contributed by atoms with E-state index in [9.17, 15) is 14.4 Å². The maximum atomic E-state index is 11.2. The summed E-state index contributed by atoms with van der Waals surface area (Å²) in [6.45, 7) is 2.89. The third-order valence-corrected chi connectivity index (χ3v) is 3.85. The van der Waals surface area contributed by atoms with Crippen LogP contribution in [-0.2, 0) is 42.8 Å². The molecule has 2 atom stereocenters. The molecule has 1 rings (SSSR count). The van der Waals surface area contributed by atoms with Crippen molar-refractivity contribution in [2.45, 2.75) is 24.4 Å². The molecule has 1 saturated heterocycles. The molecule has 0 bridgehead atoms. The normalized spacial score (nSPS) is 17.5. The molecule has 0 aliphatic carbocycles. The number of carboxylic acid groups (broad SMARTS) is 2. The molecule has 0 aromatic carbocycles. The average molecular weight is 613 g/mol.